The van der Waals surface area contributed by atoms with Crippen molar-refractivity contribution in [2.75, 3.05) is 13.1 Å². The number of rotatable bonds is 5. The minimum Gasteiger partial charge on any atom is -0.409 e. The van der Waals surface area contributed by atoms with Gasteiger partial charge in [-0.25, -0.2) is 8.42 Å². The zero-order valence-electron chi connectivity index (χ0n) is 11.3. The summed E-state index contributed by atoms with van der Waals surface area (Å²) in [6.07, 6.45) is 0. The summed E-state index contributed by atoms with van der Waals surface area (Å²) < 4.78 is 26.2. The number of hydrogen-bond donors (Lipinski definition) is 2. The van der Waals surface area contributed by atoms with Crippen molar-refractivity contribution >= 4 is 15.9 Å². The maximum Gasteiger partial charge on any atom is 0.243 e. The molecule has 1 aromatic rings. The summed E-state index contributed by atoms with van der Waals surface area (Å²) in [4.78, 5) is 0.250. The lowest BCUT2D eigenvalue weighted by molar-refractivity contribution is 0.315. The van der Waals surface area contributed by atoms with Gasteiger partial charge in [0, 0.05) is 6.54 Å². The standard InChI is InChI=1S/C12H19N3O3S/c1-4-15(8-12(13)14-16)19(17,18)11-7-9(2)5-6-10(11)3/h5-7,16H,4,8H2,1-3H3,(H2,13,14). The Bertz CT molecular complexity index is 582. The van der Waals surface area contributed by atoms with E-state index in [1.54, 1.807) is 26.0 Å². The molecule has 7 heteroatoms. The number of benzene rings is 1. The van der Waals surface area contributed by atoms with Crippen molar-refractivity contribution in [3.8, 4) is 0 Å². The van der Waals surface area contributed by atoms with Gasteiger partial charge < -0.3 is 10.9 Å². The van der Waals surface area contributed by atoms with E-state index < -0.39 is 10.0 Å². The van der Waals surface area contributed by atoms with E-state index in [1.165, 1.54) is 4.31 Å². The van der Waals surface area contributed by atoms with Gasteiger partial charge in [-0.3, -0.25) is 0 Å². The molecule has 0 heterocycles. The normalized spacial score (nSPS) is 12.9. The van der Waals surface area contributed by atoms with Crippen molar-refractivity contribution < 1.29 is 13.6 Å². The number of aryl methyl sites for hydroxylation is 2. The van der Waals surface area contributed by atoms with Gasteiger partial charge in [-0.15, -0.1) is 0 Å². The number of hydrogen-bond acceptors (Lipinski definition) is 4. The van der Waals surface area contributed by atoms with Gasteiger partial charge in [0.05, 0.1) is 11.4 Å². The van der Waals surface area contributed by atoms with E-state index in [2.05, 4.69) is 5.16 Å². The largest absolute Gasteiger partial charge is 0.409 e. The topological polar surface area (TPSA) is 96.0 Å². The highest BCUT2D eigenvalue weighted by Gasteiger charge is 2.25. The smallest absolute Gasteiger partial charge is 0.243 e. The van der Waals surface area contributed by atoms with Gasteiger partial charge in [-0.1, -0.05) is 24.2 Å². The van der Waals surface area contributed by atoms with Gasteiger partial charge in [-0.05, 0) is 31.0 Å². The molecule has 0 aliphatic carbocycles. The first kappa shape index (κ1) is 15.5. The Morgan fingerprint density at radius 1 is 1.42 bits per heavy atom. The van der Waals surface area contributed by atoms with Crippen molar-refractivity contribution in [1.29, 1.82) is 0 Å². The highest BCUT2D eigenvalue weighted by Crippen LogP contribution is 2.20. The van der Waals surface area contributed by atoms with Crippen LogP contribution in [0.15, 0.2) is 28.3 Å². The molecule has 19 heavy (non-hydrogen) atoms. The van der Waals surface area contributed by atoms with Gasteiger partial charge in [0.25, 0.3) is 0 Å². The number of oxime groups is 1. The molecule has 0 spiro atoms. The van der Waals surface area contributed by atoms with Crippen LogP contribution in [0.5, 0.6) is 0 Å². The Kier molecular flexibility index (Phi) is 4.90. The molecule has 0 aromatic heterocycles. The Morgan fingerprint density at radius 2 is 2.05 bits per heavy atom. The molecule has 0 bridgehead atoms. The molecule has 0 atom stereocenters. The molecule has 0 aliphatic rings. The number of nitrogens with zero attached hydrogens (tertiary/aromatic N) is 2. The van der Waals surface area contributed by atoms with Crippen LogP contribution in [0.3, 0.4) is 0 Å². The lowest BCUT2D eigenvalue weighted by atomic mass is 10.2. The lowest BCUT2D eigenvalue weighted by Crippen LogP contribution is -2.38. The lowest BCUT2D eigenvalue weighted by Gasteiger charge is -2.21. The van der Waals surface area contributed by atoms with Crippen LogP contribution in [0.4, 0.5) is 0 Å². The maximum atomic E-state index is 12.5. The molecule has 0 amide bonds. The Balaban J connectivity index is 3.24. The Morgan fingerprint density at radius 3 is 2.58 bits per heavy atom. The predicted octanol–water partition coefficient (Wildman–Crippen LogP) is 1.06. The molecular formula is C12H19N3O3S. The quantitative estimate of drug-likeness (QED) is 0.366. The average molecular weight is 285 g/mol. The van der Waals surface area contributed by atoms with Crippen LogP contribution in [0.25, 0.3) is 0 Å². The summed E-state index contributed by atoms with van der Waals surface area (Å²) in [5, 5.41) is 11.4. The second-order valence-corrected chi connectivity index (χ2v) is 6.20. The number of amidine groups is 1. The number of likely N-dealkylation sites (N-methyl/N-ethyl adjacent to an activating group) is 1. The minimum absolute atomic E-state index is 0.136. The van der Waals surface area contributed by atoms with E-state index in [0.29, 0.717) is 5.56 Å². The SMILES string of the molecule is CCN(CC(N)=NO)S(=O)(=O)c1cc(C)ccc1C. The highest BCUT2D eigenvalue weighted by atomic mass is 32.2. The van der Waals surface area contributed by atoms with Gasteiger partial charge >= 0.3 is 0 Å². The van der Waals surface area contributed by atoms with Crippen LogP contribution in [0.2, 0.25) is 0 Å². The van der Waals surface area contributed by atoms with Gasteiger partial charge in [0.15, 0.2) is 5.84 Å². The van der Waals surface area contributed by atoms with Gasteiger partial charge in [0.2, 0.25) is 10.0 Å². The fraction of sp³-hybridized carbons (Fsp3) is 0.417. The third-order valence-corrected chi connectivity index (χ3v) is 4.84. The molecule has 0 aliphatic heterocycles. The summed E-state index contributed by atoms with van der Waals surface area (Å²) >= 11 is 0. The van der Waals surface area contributed by atoms with Crippen molar-refractivity contribution in [2.45, 2.75) is 25.7 Å². The zero-order valence-corrected chi connectivity index (χ0v) is 12.1. The number of sulfonamides is 1. The zero-order chi connectivity index (χ0) is 14.6. The third kappa shape index (κ3) is 3.45. The molecule has 3 N–H and O–H groups in total. The first-order chi connectivity index (χ1) is 8.82. The molecule has 6 nitrogen and oxygen atoms in total. The molecule has 0 fully saturated rings. The summed E-state index contributed by atoms with van der Waals surface area (Å²) in [6.45, 7) is 5.38. The average Bonchev–Trinajstić information content (AvgIpc) is 2.37. The minimum atomic E-state index is -3.65. The monoisotopic (exact) mass is 285 g/mol. The fourth-order valence-electron chi connectivity index (χ4n) is 1.70. The molecule has 1 aromatic carbocycles. The molecule has 106 valence electrons. The highest BCUT2D eigenvalue weighted by molar-refractivity contribution is 7.89. The van der Waals surface area contributed by atoms with E-state index in [4.69, 9.17) is 10.9 Å². The fourth-order valence-corrected chi connectivity index (χ4v) is 3.43. The Labute approximate surface area is 113 Å². The molecule has 0 radical (unpaired) electrons. The molecule has 0 saturated heterocycles. The van der Waals surface area contributed by atoms with E-state index in [-0.39, 0.29) is 23.8 Å². The molecule has 1 rings (SSSR count). The van der Waals surface area contributed by atoms with Crippen LogP contribution in [0.1, 0.15) is 18.1 Å². The summed E-state index contributed by atoms with van der Waals surface area (Å²) in [5.74, 6) is -0.143. The van der Waals surface area contributed by atoms with Crippen molar-refractivity contribution in [3.05, 3.63) is 29.3 Å². The van der Waals surface area contributed by atoms with Crippen molar-refractivity contribution in [3.63, 3.8) is 0 Å². The van der Waals surface area contributed by atoms with E-state index in [9.17, 15) is 8.42 Å². The Hall–Kier alpha value is -1.60. The molecule has 0 saturated carbocycles. The predicted molar refractivity (Wildman–Crippen MR) is 73.8 cm³/mol. The van der Waals surface area contributed by atoms with Crippen molar-refractivity contribution in [2.24, 2.45) is 10.9 Å². The van der Waals surface area contributed by atoms with Crippen LogP contribution in [0, 0.1) is 13.8 Å². The first-order valence-electron chi connectivity index (χ1n) is 5.86. The summed E-state index contributed by atoms with van der Waals surface area (Å²) in [5.41, 5.74) is 6.92. The van der Waals surface area contributed by atoms with E-state index >= 15 is 0 Å². The van der Waals surface area contributed by atoms with Gasteiger partial charge in [0.1, 0.15) is 0 Å². The molecule has 0 unspecified atom stereocenters. The van der Waals surface area contributed by atoms with Crippen LogP contribution in [-0.4, -0.2) is 36.9 Å². The van der Waals surface area contributed by atoms with Crippen molar-refractivity contribution in [1.82, 2.24) is 4.31 Å². The molecular weight excluding hydrogens is 266 g/mol. The summed E-state index contributed by atoms with van der Waals surface area (Å²) in [6, 6.07) is 5.24. The second-order valence-electron chi connectivity index (χ2n) is 4.29. The second kappa shape index (κ2) is 6.03. The number of nitrogens with two attached hydrogens (primary N) is 1. The van der Waals surface area contributed by atoms with E-state index in [0.717, 1.165) is 5.56 Å². The maximum absolute atomic E-state index is 12.5. The van der Waals surface area contributed by atoms with E-state index in [1.807, 2.05) is 13.0 Å². The van der Waals surface area contributed by atoms with Crippen LogP contribution in [-0.2, 0) is 10.0 Å². The third-order valence-electron chi connectivity index (χ3n) is 2.78. The van der Waals surface area contributed by atoms with Crippen LogP contribution >= 0.6 is 0 Å². The summed E-state index contributed by atoms with van der Waals surface area (Å²) in [7, 11) is -3.65. The first-order valence-corrected chi connectivity index (χ1v) is 7.30. The van der Waals surface area contributed by atoms with Crippen LogP contribution < -0.4 is 5.73 Å². The van der Waals surface area contributed by atoms with Gasteiger partial charge in [-0.2, -0.15) is 4.31 Å².